The van der Waals surface area contributed by atoms with Gasteiger partial charge < -0.3 is 0 Å². The van der Waals surface area contributed by atoms with Gasteiger partial charge in [-0.3, -0.25) is 34.2 Å². The fraction of sp³-hybridized carbons (Fsp3) is 0.115. The van der Waals surface area contributed by atoms with Crippen LogP contribution < -0.4 is 4.90 Å². The largest absolute Gasteiger partial charge is 0.296 e. The van der Waals surface area contributed by atoms with Gasteiger partial charge in [0.2, 0.25) is 11.8 Å². The van der Waals surface area contributed by atoms with Crippen molar-refractivity contribution in [1.82, 2.24) is 5.01 Å². The number of benzene rings is 3. The van der Waals surface area contributed by atoms with E-state index in [0.717, 1.165) is 11.8 Å². The molecule has 0 saturated carbocycles. The normalized spacial score (nSPS) is 14.8. The van der Waals surface area contributed by atoms with Crippen LogP contribution in [0.1, 0.15) is 18.9 Å². The summed E-state index contributed by atoms with van der Waals surface area (Å²) in [6, 6.07) is 18.4. The van der Waals surface area contributed by atoms with Gasteiger partial charge in [0.05, 0.1) is 10.6 Å². The lowest BCUT2D eigenvalue weighted by molar-refractivity contribution is -0.384. The molecule has 0 aliphatic carbocycles. The molecule has 0 fully saturated rings. The highest BCUT2D eigenvalue weighted by Crippen LogP contribution is 2.28. The van der Waals surface area contributed by atoms with Crippen LogP contribution in [-0.4, -0.2) is 45.3 Å². The van der Waals surface area contributed by atoms with Crippen LogP contribution in [0.15, 0.2) is 94.2 Å². The van der Waals surface area contributed by atoms with Crippen molar-refractivity contribution in [2.75, 3.05) is 4.90 Å². The number of hydrazone groups is 1. The number of rotatable bonds is 7. The maximum absolute atomic E-state index is 13.3. The molecule has 1 atom stereocenters. The number of nitrogens with zero attached hydrogens (tertiary/aromatic N) is 6. The Morgan fingerprint density at radius 3 is 2.31 bits per heavy atom. The van der Waals surface area contributed by atoms with E-state index >= 15 is 0 Å². The summed E-state index contributed by atoms with van der Waals surface area (Å²) in [7, 11) is 0. The van der Waals surface area contributed by atoms with Gasteiger partial charge in [-0.1, -0.05) is 54.1 Å². The summed E-state index contributed by atoms with van der Waals surface area (Å²) in [5, 5.41) is 24.2. The number of carbonyl (C=O) groups excluding carboxylic acids is 4. The molecule has 0 radical (unpaired) electrons. The summed E-state index contributed by atoms with van der Waals surface area (Å²) in [4.78, 5) is 63.0. The molecule has 3 aromatic rings. The maximum atomic E-state index is 13.3. The Hall–Kier alpha value is -5.10. The maximum Gasteiger partial charge on any atom is 0.296 e. The lowest BCUT2D eigenvalue weighted by Crippen LogP contribution is -2.41. The molecule has 0 spiro atoms. The average molecular weight is 547 g/mol. The Morgan fingerprint density at radius 1 is 1.03 bits per heavy atom. The van der Waals surface area contributed by atoms with E-state index in [1.165, 1.54) is 48.5 Å². The molecular formula is C26H19ClN6O6. The number of hydrogen-bond acceptors (Lipinski definition) is 9. The third-order valence-electron chi connectivity index (χ3n) is 5.53. The van der Waals surface area contributed by atoms with E-state index in [-0.39, 0.29) is 22.8 Å². The standard InChI is InChI=1S/C26H19ClN6O6/c1-16(34)31(19-13-11-18(27)12-14-19)22(35)15-23(36)32-26(37)25(24(30-32)17-7-3-2-4-8-17)29-28-20-9-5-6-10-21(20)33(38)39/h2-14,25H,15H2,1H3/t25-/m0/s1. The van der Waals surface area contributed by atoms with Gasteiger partial charge in [0.25, 0.3) is 17.5 Å². The molecular weight excluding hydrogens is 528 g/mol. The Morgan fingerprint density at radius 2 is 1.67 bits per heavy atom. The van der Waals surface area contributed by atoms with Crippen molar-refractivity contribution >= 4 is 58.0 Å². The van der Waals surface area contributed by atoms with Crippen molar-refractivity contribution in [3.05, 3.63) is 99.6 Å². The van der Waals surface area contributed by atoms with Gasteiger partial charge >= 0.3 is 0 Å². The second kappa shape index (κ2) is 11.5. The van der Waals surface area contributed by atoms with E-state index in [9.17, 15) is 29.3 Å². The minimum atomic E-state index is -1.41. The Kier molecular flexibility index (Phi) is 7.96. The number of imide groups is 2. The summed E-state index contributed by atoms with van der Waals surface area (Å²) < 4.78 is 0. The first-order valence-corrected chi connectivity index (χ1v) is 11.8. The summed E-state index contributed by atoms with van der Waals surface area (Å²) >= 11 is 5.88. The first kappa shape index (κ1) is 26.9. The van der Waals surface area contributed by atoms with Gasteiger partial charge in [0.1, 0.15) is 12.1 Å². The van der Waals surface area contributed by atoms with Crippen LogP contribution >= 0.6 is 11.6 Å². The van der Waals surface area contributed by atoms with E-state index in [2.05, 4.69) is 15.3 Å². The number of hydrogen-bond donors (Lipinski definition) is 0. The highest BCUT2D eigenvalue weighted by molar-refractivity contribution is 6.30. The number of carbonyl (C=O) groups is 4. The zero-order chi connectivity index (χ0) is 28.1. The number of anilines is 1. The van der Waals surface area contributed by atoms with E-state index in [1.807, 2.05) is 0 Å². The number of halogens is 1. The minimum absolute atomic E-state index is 0.0601. The second-order valence-electron chi connectivity index (χ2n) is 8.16. The molecule has 1 heterocycles. The number of azo groups is 1. The van der Waals surface area contributed by atoms with Crippen LogP contribution in [0.5, 0.6) is 0 Å². The smallest absolute Gasteiger partial charge is 0.274 e. The van der Waals surface area contributed by atoms with Gasteiger partial charge in [0.15, 0.2) is 11.7 Å². The number of para-hydroxylation sites is 1. The third kappa shape index (κ3) is 5.91. The topological polar surface area (TPSA) is 155 Å². The minimum Gasteiger partial charge on any atom is -0.274 e. The van der Waals surface area contributed by atoms with Gasteiger partial charge in [-0.05, 0) is 30.3 Å². The van der Waals surface area contributed by atoms with Crippen molar-refractivity contribution in [1.29, 1.82) is 0 Å². The molecule has 13 heteroatoms. The molecule has 3 aromatic carbocycles. The lowest BCUT2D eigenvalue weighted by Gasteiger charge is -2.20. The number of nitro benzene ring substituents is 1. The van der Waals surface area contributed by atoms with Gasteiger partial charge in [0, 0.05) is 23.6 Å². The molecule has 1 aliphatic rings. The Labute approximate surface area is 226 Å². The fourth-order valence-electron chi connectivity index (χ4n) is 3.75. The van der Waals surface area contributed by atoms with Gasteiger partial charge in [-0.25, -0.2) is 0 Å². The first-order valence-electron chi connectivity index (χ1n) is 11.4. The number of amides is 4. The van der Waals surface area contributed by atoms with Crippen LogP contribution in [0.25, 0.3) is 0 Å². The zero-order valence-corrected chi connectivity index (χ0v) is 21.1. The molecule has 196 valence electrons. The molecule has 4 rings (SSSR count). The average Bonchev–Trinajstić information content (AvgIpc) is 3.25. The van der Waals surface area contributed by atoms with Gasteiger partial charge in [-0.15, -0.1) is 5.11 Å². The highest BCUT2D eigenvalue weighted by atomic mass is 35.5. The SMILES string of the molecule is CC(=O)N(C(=O)CC(=O)N1N=C(c2ccccc2)[C@H](N=Nc2ccccc2[N+](=O)[O-])C1=O)c1ccc(Cl)cc1. The molecule has 0 N–H and O–H groups in total. The van der Waals surface area contributed by atoms with E-state index in [1.54, 1.807) is 30.3 Å². The fourth-order valence-corrected chi connectivity index (χ4v) is 3.88. The van der Waals surface area contributed by atoms with Crippen molar-refractivity contribution in [3.8, 4) is 0 Å². The van der Waals surface area contributed by atoms with Crippen molar-refractivity contribution in [3.63, 3.8) is 0 Å². The van der Waals surface area contributed by atoms with Crippen molar-refractivity contribution < 1.29 is 24.1 Å². The van der Waals surface area contributed by atoms with E-state index in [0.29, 0.717) is 15.6 Å². The van der Waals surface area contributed by atoms with Crippen molar-refractivity contribution in [2.24, 2.45) is 15.3 Å². The summed E-state index contributed by atoms with van der Waals surface area (Å²) in [6.07, 6.45) is -0.854. The summed E-state index contributed by atoms with van der Waals surface area (Å²) in [6.45, 7) is 1.16. The molecule has 4 amide bonds. The predicted molar refractivity (Wildman–Crippen MR) is 140 cm³/mol. The van der Waals surface area contributed by atoms with Crippen LogP contribution in [0, 0.1) is 10.1 Å². The summed E-state index contributed by atoms with van der Waals surface area (Å²) in [5.74, 6) is -3.44. The molecule has 0 bridgehead atoms. The second-order valence-corrected chi connectivity index (χ2v) is 8.60. The van der Waals surface area contributed by atoms with E-state index < -0.39 is 41.0 Å². The Balaban J connectivity index is 1.62. The quantitative estimate of drug-likeness (QED) is 0.184. The zero-order valence-electron chi connectivity index (χ0n) is 20.3. The summed E-state index contributed by atoms with van der Waals surface area (Å²) in [5.41, 5.74) is 0.287. The van der Waals surface area contributed by atoms with Crippen LogP contribution in [0.3, 0.4) is 0 Å². The van der Waals surface area contributed by atoms with Crippen LogP contribution in [0.2, 0.25) is 5.02 Å². The monoisotopic (exact) mass is 546 g/mol. The molecule has 12 nitrogen and oxygen atoms in total. The predicted octanol–water partition coefficient (Wildman–Crippen LogP) is 4.44. The third-order valence-corrected chi connectivity index (χ3v) is 5.78. The van der Waals surface area contributed by atoms with Crippen molar-refractivity contribution in [2.45, 2.75) is 19.4 Å². The van der Waals surface area contributed by atoms with Crippen LogP contribution in [0.4, 0.5) is 17.1 Å². The molecule has 0 unspecified atom stereocenters. The van der Waals surface area contributed by atoms with E-state index in [4.69, 9.17) is 11.6 Å². The van der Waals surface area contributed by atoms with Gasteiger partial charge in [-0.2, -0.15) is 15.2 Å². The first-order chi connectivity index (χ1) is 18.7. The molecule has 39 heavy (non-hydrogen) atoms. The lowest BCUT2D eigenvalue weighted by atomic mass is 10.0. The van der Waals surface area contributed by atoms with Crippen LogP contribution in [-0.2, 0) is 19.2 Å². The molecule has 0 aromatic heterocycles. The highest BCUT2D eigenvalue weighted by Gasteiger charge is 2.41. The molecule has 0 saturated heterocycles. The number of nitro groups is 1. The Bertz CT molecular complexity index is 1520. The molecule has 1 aliphatic heterocycles.